The van der Waals surface area contributed by atoms with Crippen molar-refractivity contribution in [3.05, 3.63) is 64.8 Å². The van der Waals surface area contributed by atoms with Crippen molar-refractivity contribution in [3.8, 4) is 11.3 Å². The summed E-state index contributed by atoms with van der Waals surface area (Å²) in [4.78, 5) is 26.1. The zero-order valence-corrected chi connectivity index (χ0v) is 18.3. The molecule has 2 aromatic heterocycles. The van der Waals surface area contributed by atoms with Gasteiger partial charge in [0.2, 0.25) is 5.91 Å². The van der Waals surface area contributed by atoms with E-state index in [4.69, 9.17) is 0 Å². The second-order valence-electron chi connectivity index (χ2n) is 7.76. The van der Waals surface area contributed by atoms with Gasteiger partial charge in [-0.1, -0.05) is 18.2 Å². The second kappa shape index (κ2) is 9.47. The lowest BCUT2D eigenvalue weighted by atomic mass is 10.1. The molecule has 1 amide bonds. The molecule has 6 nitrogen and oxygen atoms in total. The molecule has 4 rings (SSSR count). The quantitative estimate of drug-likeness (QED) is 0.659. The molecule has 0 atom stereocenters. The fraction of sp³-hybridized carbons (Fsp3) is 0.348. The maximum atomic E-state index is 12.5. The third-order valence-electron chi connectivity index (χ3n) is 5.50. The zero-order chi connectivity index (χ0) is 20.9. The van der Waals surface area contributed by atoms with Crippen LogP contribution in [0.15, 0.2) is 48.0 Å². The van der Waals surface area contributed by atoms with Crippen LogP contribution in [0.1, 0.15) is 16.8 Å². The standard InChI is InChI=1S/C23H27N5OS/c1-17-6-7-19(13-18(17)2)21-16-30-23(25-21)26-22(29)15-28-11-9-27(10-12-28)14-20-5-3-4-8-24-20/h3-8,13,16H,9-12,14-15H2,1-2H3,(H,25,26,29). The van der Waals surface area contributed by atoms with Crippen LogP contribution < -0.4 is 5.32 Å². The number of rotatable bonds is 6. The van der Waals surface area contributed by atoms with Gasteiger partial charge in [0.1, 0.15) is 0 Å². The number of aromatic nitrogens is 2. The average Bonchev–Trinajstić information content (AvgIpc) is 3.20. The molecule has 1 fully saturated rings. The Morgan fingerprint density at radius 2 is 1.87 bits per heavy atom. The van der Waals surface area contributed by atoms with Crippen LogP contribution >= 0.6 is 11.3 Å². The van der Waals surface area contributed by atoms with Crippen LogP contribution in [-0.4, -0.2) is 58.4 Å². The van der Waals surface area contributed by atoms with E-state index in [9.17, 15) is 4.79 Å². The Balaban J connectivity index is 1.25. The largest absolute Gasteiger partial charge is 0.301 e. The Morgan fingerprint density at radius 1 is 1.07 bits per heavy atom. The van der Waals surface area contributed by atoms with Gasteiger partial charge in [0.25, 0.3) is 0 Å². The van der Waals surface area contributed by atoms with Crippen molar-refractivity contribution < 1.29 is 4.79 Å². The molecule has 156 valence electrons. The van der Waals surface area contributed by atoms with E-state index in [-0.39, 0.29) is 5.91 Å². The predicted molar refractivity (Wildman–Crippen MR) is 122 cm³/mol. The van der Waals surface area contributed by atoms with E-state index in [1.165, 1.54) is 22.5 Å². The third-order valence-corrected chi connectivity index (χ3v) is 6.25. The fourth-order valence-electron chi connectivity index (χ4n) is 3.55. The van der Waals surface area contributed by atoms with Crippen molar-refractivity contribution in [2.45, 2.75) is 20.4 Å². The first kappa shape index (κ1) is 20.7. The lowest BCUT2D eigenvalue weighted by Crippen LogP contribution is -2.48. The Morgan fingerprint density at radius 3 is 2.60 bits per heavy atom. The minimum atomic E-state index is -0.00540. The number of piperazine rings is 1. The summed E-state index contributed by atoms with van der Waals surface area (Å²) >= 11 is 1.47. The topological polar surface area (TPSA) is 61.4 Å². The summed E-state index contributed by atoms with van der Waals surface area (Å²) < 4.78 is 0. The van der Waals surface area contributed by atoms with Crippen molar-refractivity contribution in [1.82, 2.24) is 19.8 Å². The van der Waals surface area contributed by atoms with E-state index in [1.54, 1.807) is 0 Å². The van der Waals surface area contributed by atoms with Crippen molar-refractivity contribution in [1.29, 1.82) is 0 Å². The smallest absolute Gasteiger partial charge is 0.240 e. The number of amides is 1. The van der Waals surface area contributed by atoms with E-state index in [1.807, 2.05) is 23.7 Å². The molecule has 1 N–H and O–H groups in total. The summed E-state index contributed by atoms with van der Waals surface area (Å²) in [6, 6.07) is 12.3. The van der Waals surface area contributed by atoms with Crippen LogP contribution in [-0.2, 0) is 11.3 Å². The van der Waals surface area contributed by atoms with Gasteiger partial charge < -0.3 is 5.32 Å². The Kier molecular flexibility index (Phi) is 6.52. The van der Waals surface area contributed by atoms with Gasteiger partial charge in [0.05, 0.1) is 17.9 Å². The van der Waals surface area contributed by atoms with Gasteiger partial charge in [0.15, 0.2) is 5.13 Å². The van der Waals surface area contributed by atoms with E-state index in [2.05, 4.69) is 63.2 Å². The highest BCUT2D eigenvalue weighted by molar-refractivity contribution is 7.14. The maximum absolute atomic E-state index is 12.5. The molecule has 30 heavy (non-hydrogen) atoms. The number of pyridine rings is 1. The van der Waals surface area contributed by atoms with E-state index < -0.39 is 0 Å². The SMILES string of the molecule is Cc1ccc(-c2csc(NC(=O)CN3CCN(Cc4ccccn4)CC3)n2)cc1C. The molecular weight excluding hydrogens is 394 g/mol. The number of benzene rings is 1. The molecule has 0 radical (unpaired) electrons. The number of carbonyl (C=O) groups excluding carboxylic acids is 1. The number of hydrogen-bond acceptors (Lipinski definition) is 6. The number of nitrogens with zero attached hydrogens (tertiary/aromatic N) is 4. The Hall–Kier alpha value is -2.61. The van der Waals surface area contributed by atoms with E-state index >= 15 is 0 Å². The summed E-state index contributed by atoms with van der Waals surface area (Å²) in [6.45, 7) is 9.11. The van der Waals surface area contributed by atoms with Crippen molar-refractivity contribution in [3.63, 3.8) is 0 Å². The molecule has 1 aliphatic rings. The van der Waals surface area contributed by atoms with Crippen molar-refractivity contribution in [2.24, 2.45) is 0 Å². The van der Waals surface area contributed by atoms with Gasteiger partial charge in [-0.15, -0.1) is 11.3 Å². The first-order chi connectivity index (χ1) is 14.6. The van der Waals surface area contributed by atoms with Gasteiger partial charge >= 0.3 is 0 Å². The lowest BCUT2D eigenvalue weighted by molar-refractivity contribution is -0.117. The number of hydrogen-bond donors (Lipinski definition) is 1. The zero-order valence-electron chi connectivity index (χ0n) is 17.5. The molecular formula is C23H27N5OS. The molecule has 0 saturated carbocycles. The number of anilines is 1. The minimum absolute atomic E-state index is 0.00540. The summed E-state index contributed by atoms with van der Waals surface area (Å²) in [5, 5.41) is 5.61. The van der Waals surface area contributed by atoms with Crippen LogP contribution in [0, 0.1) is 13.8 Å². The summed E-state index contributed by atoms with van der Waals surface area (Å²) in [5.41, 5.74) is 5.59. The molecule has 0 spiro atoms. The van der Waals surface area contributed by atoms with Gasteiger partial charge in [0, 0.05) is 49.9 Å². The van der Waals surface area contributed by atoms with Crippen LogP contribution in [0.5, 0.6) is 0 Å². The normalized spacial score (nSPS) is 15.3. The van der Waals surface area contributed by atoms with Gasteiger partial charge in [-0.25, -0.2) is 4.98 Å². The Labute approximate surface area is 181 Å². The van der Waals surface area contributed by atoms with Crippen LogP contribution in [0.4, 0.5) is 5.13 Å². The van der Waals surface area contributed by atoms with Crippen LogP contribution in [0.3, 0.4) is 0 Å². The van der Waals surface area contributed by atoms with Crippen molar-refractivity contribution >= 4 is 22.4 Å². The molecule has 1 saturated heterocycles. The highest BCUT2D eigenvalue weighted by Gasteiger charge is 2.20. The third kappa shape index (κ3) is 5.30. The van der Waals surface area contributed by atoms with Crippen LogP contribution in [0.25, 0.3) is 11.3 Å². The highest BCUT2D eigenvalue weighted by atomic mass is 32.1. The Bertz CT molecular complexity index is 996. The summed E-state index contributed by atoms with van der Waals surface area (Å²) in [5.74, 6) is -0.00540. The van der Waals surface area contributed by atoms with E-state index in [0.29, 0.717) is 11.7 Å². The number of aryl methyl sites for hydroxylation is 2. The maximum Gasteiger partial charge on any atom is 0.240 e. The lowest BCUT2D eigenvalue weighted by Gasteiger charge is -2.33. The van der Waals surface area contributed by atoms with E-state index in [0.717, 1.165) is 49.7 Å². The van der Waals surface area contributed by atoms with Crippen molar-refractivity contribution in [2.75, 3.05) is 38.0 Å². The average molecular weight is 422 g/mol. The molecule has 1 aromatic carbocycles. The monoisotopic (exact) mass is 421 g/mol. The number of nitrogens with one attached hydrogen (secondary N) is 1. The first-order valence-electron chi connectivity index (χ1n) is 10.2. The second-order valence-corrected chi connectivity index (χ2v) is 8.62. The summed E-state index contributed by atoms with van der Waals surface area (Å²) in [7, 11) is 0. The highest BCUT2D eigenvalue weighted by Crippen LogP contribution is 2.26. The molecule has 3 aromatic rings. The number of thiazole rings is 1. The molecule has 1 aliphatic heterocycles. The minimum Gasteiger partial charge on any atom is -0.301 e. The summed E-state index contributed by atoms with van der Waals surface area (Å²) in [6.07, 6.45) is 1.83. The van der Waals surface area contributed by atoms with Gasteiger partial charge in [-0.2, -0.15) is 0 Å². The first-order valence-corrected chi connectivity index (χ1v) is 11.1. The molecule has 7 heteroatoms. The van der Waals surface area contributed by atoms with Crippen LogP contribution in [0.2, 0.25) is 0 Å². The van der Waals surface area contributed by atoms with Gasteiger partial charge in [-0.05, 0) is 43.2 Å². The molecule has 0 bridgehead atoms. The predicted octanol–water partition coefficient (Wildman–Crippen LogP) is 3.58. The molecule has 3 heterocycles. The fourth-order valence-corrected chi connectivity index (χ4v) is 4.29. The molecule has 0 aliphatic carbocycles. The van der Waals surface area contributed by atoms with Gasteiger partial charge in [-0.3, -0.25) is 19.6 Å². The number of carbonyl (C=O) groups is 1. The molecule has 0 unspecified atom stereocenters.